The number of nitrogens with zero attached hydrogens (tertiary/aromatic N) is 1. The maximum Gasteiger partial charge on any atom is 0.321 e. The van der Waals surface area contributed by atoms with Crippen molar-refractivity contribution in [3.63, 3.8) is 0 Å². The topological polar surface area (TPSA) is 75.7 Å². The summed E-state index contributed by atoms with van der Waals surface area (Å²) in [4.78, 5) is 11.3. The molecule has 0 aliphatic carbocycles. The summed E-state index contributed by atoms with van der Waals surface area (Å²) < 4.78 is 31.9. The molecule has 0 bridgehead atoms. The minimum absolute atomic E-state index is 0.235. The van der Waals surface area contributed by atoms with Gasteiger partial charge in [0, 0.05) is 13.1 Å². The molecule has 0 fully saturated rings. The molecule has 7 heteroatoms. The summed E-state index contributed by atoms with van der Waals surface area (Å²) in [6, 6.07) is 0. The summed E-state index contributed by atoms with van der Waals surface area (Å²) in [5, 5.41) is 0. The Balaban J connectivity index is 4.54. The second-order valence-corrected chi connectivity index (χ2v) is 5.29. The Morgan fingerprint density at radius 3 is 2.35 bits per heavy atom. The molecule has 0 aromatic heterocycles. The summed E-state index contributed by atoms with van der Waals surface area (Å²) in [6.45, 7) is 6.10. The highest BCUT2D eigenvalue weighted by Gasteiger charge is 2.23. The Labute approximate surface area is 104 Å². The van der Waals surface area contributed by atoms with E-state index >= 15 is 0 Å². The molecule has 0 aromatic carbocycles. The van der Waals surface area contributed by atoms with Gasteiger partial charge in [0.05, 0.1) is 6.61 Å². The SMILES string of the molecule is CCCNS(=O)(=O)N(CCC)CC(=O)OCC. The van der Waals surface area contributed by atoms with E-state index in [0.29, 0.717) is 25.9 Å². The van der Waals surface area contributed by atoms with Gasteiger partial charge in [-0.25, -0.2) is 4.72 Å². The molecule has 0 spiro atoms. The predicted molar refractivity (Wildman–Crippen MR) is 65.7 cm³/mol. The minimum Gasteiger partial charge on any atom is -0.465 e. The lowest BCUT2D eigenvalue weighted by Crippen LogP contribution is -2.44. The standard InChI is InChI=1S/C10H22N2O4S/c1-4-7-11-17(14,15)12(8-5-2)9-10(13)16-6-3/h11H,4-9H2,1-3H3. The Morgan fingerprint density at radius 2 is 1.88 bits per heavy atom. The fourth-order valence-corrected chi connectivity index (χ4v) is 2.55. The highest BCUT2D eigenvalue weighted by molar-refractivity contribution is 7.87. The van der Waals surface area contributed by atoms with E-state index in [1.165, 1.54) is 0 Å². The highest BCUT2D eigenvalue weighted by atomic mass is 32.2. The molecule has 0 amide bonds. The number of nitrogens with one attached hydrogen (secondary N) is 1. The van der Waals surface area contributed by atoms with E-state index in [1.54, 1.807) is 6.92 Å². The largest absolute Gasteiger partial charge is 0.465 e. The smallest absolute Gasteiger partial charge is 0.321 e. The molecule has 0 unspecified atom stereocenters. The normalized spacial score (nSPS) is 11.8. The molecule has 102 valence electrons. The van der Waals surface area contributed by atoms with Crippen molar-refractivity contribution >= 4 is 16.2 Å². The first-order chi connectivity index (χ1) is 7.97. The van der Waals surface area contributed by atoms with Crippen LogP contribution in [0.15, 0.2) is 0 Å². The zero-order chi connectivity index (χ0) is 13.3. The van der Waals surface area contributed by atoms with E-state index in [0.717, 1.165) is 4.31 Å². The number of carbonyl (C=O) groups excluding carboxylic acids is 1. The van der Waals surface area contributed by atoms with Crippen LogP contribution in [-0.2, 0) is 19.7 Å². The molecular weight excluding hydrogens is 244 g/mol. The molecule has 0 atom stereocenters. The first-order valence-corrected chi connectivity index (χ1v) is 7.32. The third-order valence-electron chi connectivity index (χ3n) is 1.96. The lowest BCUT2D eigenvalue weighted by atomic mass is 10.5. The minimum atomic E-state index is -3.58. The molecule has 0 heterocycles. The molecule has 0 radical (unpaired) electrons. The van der Waals surface area contributed by atoms with Crippen molar-refractivity contribution in [1.29, 1.82) is 0 Å². The maximum atomic E-state index is 11.8. The van der Waals surface area contributed by atoms with Crippen molar-refractivity contribution in [3.8, 4) is 0 Å². The fraction of sp³-hybridized carbons (Fsp3) is 0.900. The van der Waals surface area contributed by atoms with Gasteiger partial charge < -0.3 is 4.74 Å². The highest BCUT2D eigenvalue weighted by Crippen LogP contribution is 2.00. The zero-order valence-corrected chi connectivity index (χ0v) is 11.5. The van der Waals surface area contributed by atoms with E-state index in [1.807, 2.05) is 13.8 Å². The lowest BCUT2D eigenvalue weighted by Gasteiger charge is -2.20. The van der Waals surface area contributed by atoms with Crippen molar-refractivity contribution in [3.05, 3.63) is 0 Å². The van der Waals surface area contributed by atoms with E-state index in [4.69, 9.17) is 4.74 Å². The van der Waals surface area contributed by atoms with E-state index in [9.17, 15) is 13.2 Å². The van der Waals surface area contributed by atoms with Gasteiger partial charge >= 0.3 is 5.97 Å². The van der Waals surface area contributed by atoms with Gasteiger partial charge in [-0.3, -0.25) is 4.79 Å². The van der Waals surface area contributed by atoms with Gasteiger partial charge in [0.1, 0.15) is 6.54 Å². The van der Waals surface area contributed by atoms with Crippen molar-refractivity contribution in [2.24, 2.45) is 0 Å². The van der Waals surface area contributed by atoms with Crippen LogP contribution in [0, 0.1) is 0 Å². The monoisotopic (exact) mass is 266 g/mol. The number of hydrogen-bond acceptors (Lipinski definition) is 4. The summed E-state index contributed by atoms with van der Waals surface area (Å²) in [6.07, 6.45) is 1.35. The lowest BCUT2D eigenvalue weighted by molar-refractivity contribution is -0.143. The first kappa shape index (κ1) is 16.3. The molecule has 0 saturated heterocycles. The van der Waals surface area contributed by atoms with E-state index in [2.05, 4.69) is 4.72 Å². The van der Waals surface area contributed by atoms with Crippen molar-refractivity contribution in [2.45, 2.75) is 33.6 Å². The zero-order valence-electron chi connectivity index (χ0n) is 10.7. The van der Waals surface area contributed by atoms with Crippen LogP contribution in [0.1, 0.15) is 33.6 Å². The van der Waals surface area contributed by atoms with Crippen LogP contribution < -0.4 is 4.72 Å². The van der Waals surface area contributed by atoms with Crippen molar-refractivity contribution in [2.75, 3.05) is 26.2 Å². The maximum absolute atomic E-state index is 11.8. The average molecular weight is 266 g/mol. The molecule has 17 heavy (non-hydrogen) atoms. The molecular formula is C10H22N2O4S. The molecule has 0 saturated carbocycles. The second kappa shape index (κ2) is 8.43. The predicted octanol–water partition coefficient (Wildman–Crippen LogP) is 0.506. The Bertz CT molecular complexity index is 316. The van der Waals surface area contributed by atoms with Gasteiger partial charge in [-0.1, -0.05) is 13.8 Å². The molecule has 1 N–H and O–H groups in total. The van der Waals surface area contributed by atoms with Gasteiger partial charge in [-0.2, -0.15) is 12.7 Å². The molecule has 0 aliphatic heterocycles. The van der Waals surface area contributed by atoms with Gasteiger partial charge in [0.15, 0.2) is 0 Å². The van der Waals surface area contributed by atoms with Crippen molar-refractivity contribution in [1.82, 2.24) is 9.03 Å². The summed E-state index contributed by atoms with van der Waals surface area (Å²) >= 11 is 0. The third-order valence-corrected chi connectivity index (χ3v) is 3.52. The Morgan fingerprint density at radius 1 is 1.24 bits per heavy atom. The van der Waals surface area contributed by atoms with Crippen LogP contribution in [0.3, 0.4) is 0 Å². The third kappa shape index (κ3) is 6.60. The molecule has 0 rings (SSSR count). The van der Waals surface area contributed by atoms with Gasteiger partial charge in [-0.15, -0.1) is 0 Å². The van der Waals surface area contributed by atoms with Crippen LogP contribution in [0.4, 0.5) is 0 Å². The first-order valence-electron chi connectivity index (χ1n) is 5.88. The Kier molecular flexibility index (Phi) is 8.11. The van der Waals surface area contributed by atoms with Gasteiger partial charge in [0.25, 0.3) is 10.2 Å². The quantitative estimate of drug-likeness (QED) is 0.617. The number of rotatable bonds is 9. The van der Waals surface area contributed by atoms with Gasteiger partial charge in [-0.05, 0) is 19.8 Å². The summed E-state index contributed by atoms with van der Waals surface area (Å²) in [5.41, 5.74) is 0. The molecule has 0 aliphatic rings. The summed E-state index contributed by atoms with van der Waals surface area (Å²) in [7, 11) is -3.58. The van der Waals surface area contributed by atoms with Gasteiger partial charge in [0.2, 0.25) is 0 Å². The number of carbonyl (C=O) groups is 1. The molecule has 6 nitrogen and oxygen atoms in total. The van der Waals surface area contributed by atoms with Crippen LogP contribution in [0.5, 0.6) is 0 Å². The average Bonchev–Trinajstić information content (AvgIpc) is 2.26. The van der Waals surface area contributed by atoms with Crippen LogP contribution in [-0.4, -0.2) is 44.9 Å². The van der Waals surface area contributed by atoms with Crippen LogP contribution >= 0.6 is 0 Å². The van der Waals surface area contributed by atoms with E-state index in [-0.39, 0.29) is 13.2 Å². The van der Waals surface area contributed by atoms with Crippen molar-refractivity contribution < 1.29 is 17.9 Å². The Hall–Kier alpha value is -0.660. The second-order valence-electron chi connectivity index (χ2n) is 3.54. The number of hydrogen-bond donors (Lipinski definition) is 1. The number of esters is 1. The molecule has 0 aromatic rings. The summed E-state index contributed by atoms with van der Waals surface area (Å²) in [5.74, 6) is -0.525. The van der Waals surface area contributed by atoms with Crippen LogP contribution in [0.2, 0.25) is 0 Å². The fourth-order valence-electron chi connectivity index (χ4n) is 1.21. The van der Waals surface area contributed by atoms with E-state index < -0.39 is 16.2 Å². The van der Waals surface area contributed by atoms with Crippen LogP contribution in [0.25, 0.3) is 0 Å². The number of ether oxygens (including phenoxy) is 1.